The summed E-state index contributed by atoms with van der Waals surface area (Å²) in [5.41, 5.74) is 0. The summed E-state index contributed by atoms with van der Waals surface area (Å²) in [4.78, 5) is 11.7. The Bertz CT molecular complexity index is 210. The van der Waals surface area contributed by atoms with Gasteiger partial charge in [0.15, 0.2) is 0 Å². The van der Waals surface area contributed by atoms with Crippen molar-refractivity contribution in [3.63, 3.8) is 0 Å². The number of carbonyl (C=O) groups is 1. The summed E-state index contributed by atoms with van der Waals surface area (Å²) in [6.45, 7) is 4.37. The zero-order chi connectivity index (χ0) is 12.5. The number of esters is 1. The van der Waals surface area contributed by atoms with Gasteiger partial charge in [-0.05, 0) is 26.2 Å². The van der Waals surface area contributed by atoms with E-state index in [2.05, 4.69) is 5.32 Å². The second-order valence-corrected chi connectivity index (χ2v) is 4.92. The standard InChI is InChI=1S/C14H27NO2/c1-3-13(14(16)17-4-2)15-12-10-8-6-5-7-9-11-12/h12-13,15H,3-11H2,1-2H3. The lowest BCUT2D eigenvalue weighted by molar-refractivity contribution is -0.146. The highest BCUT2D eigenvalue weighted by Gasteiger charge is 2.21. The molecule has 0 aromatic rings. The summed E-state index contributed by atoms with van der Waals surface area (Å²) in [6.07, 6.45) is 9.86. The molecular weight excluding hydrogens is 214 g/mol. The molecule has 1 aliphatic rings. The molecule has 17 heavy (non-hydrogen) atoms. The van der Waals surface area contributed by atoms with Gasteiger partial charge in [-0.25, -0.2) is 0 Å². The van der Waals surface area contributed by atoms with Gasteiger partial charge in [-0.2, -0.15) is 0 Å². The van der Waals surface area contributed by atoms with Crippen LogP contribution in [0.3, 0.4) is 0 Å². The van der Waals surface area contributed by atoms with Gasteiger partial charge < -0.3 is 10.1 Å². The molecule has 0 aromatic heterocycles. The van der Waals surface area contributed by atoms with E-state index >= 15 is 0 Å². The normalized spacial score (nSPS) is 20.4. The quantitative estimate of drug-likeness (QED) is 0.752. The Balaban J connectivity index is 2.39. The average Bonchev–Trinajstić information content (AvgIpc) is 2.28. The minimum Gasteiger partial charge on any atom is -0.465 e. The second-order valence-electron chi connectivity index (χ2n) is 4.92. The van der Waals surface area contributed by atoms with Crippen molar-refractivity contribution in [1.82, 2.24) is 5.32 Å². The number of carbonyl (C=O) groups excluding carboxylic acids is 1. The zero-order valence-electron chi connectivity index (χ0n) is 11.3. The van der Waals surface area contributed by atoms with Gasteiger partial charge in [0.1, 0.15) is 6.04 Å². The van der Waals surface area contributed by atoms with Crippen molar-refractivity contribution in [2.24, 2.45) is 0 Å². The summed E-state index contributed by atoms with van der Waals surface area (Å²) in [7, 11) is 0. The van der Waals surface area contributed by atoms with Crippen LogP contribution in [-0.2, 0) is 9.53 Å². The topological polar surface area (TPSA) is 38.3 Å². The number of hydrogen-bond acceptors (Lipinski definition) is 3. The van der Waals surface area contributed by atoms with Gasteiger partial charge in [-0.15, -0.1) is 0 Å². The van der Waals surface area contributed by atoms with E-state index in [0.29, 0.717) is 12.6 Å². The maximum Gasteiger partial charge on any atom is 0.323 e. The van der Waals surface area contributed by atoms with Gasteiger partial charge in [0.25, 0.3) is 0 Å². The van der Waals surface area contributed by atoms with Crippen molar-refractivity contribution in [3.8, 4) is 0 Å². The predicted molar refractivity (Wildman–Crippen MR) is 70.0 cm³/mol. The minimum absolute atomic E-state index is 0.0861. The molecule has 0 radical (unpaired) electrons. The van der Waals surface area contributed by atoms with E-state index in [-0.39, 0.29) is 12.0 Å². The fourth-order valence-electron chi connectivity index (χ4n) is 2.50. The van der Waals surface area contributed by atoms with E-state index < -0.39 is 0 Å². The molecule has 3 heteroatoms. The smallest absolute Gasteiger partial charge is 0.323 e. The van der Waals surface area contributed by atoms with Crippen LogP contribution in [0.1, 0.15) is 65.2 Å². The van der Waals surface area contributed by atoms with Crippen LogP contribution in [0.2, 0.25) is 0 Å². The number of rotatable bonds is 5. The molecule has 0 bridgehead atoms. The molecule has 3 nitrogen and oxygen atoms in total. The van der Waals surface area contributed by atoms with Crippen molar-refractivity contribution >= 4 is 5.97 Å². The highest BCUT2D eigenvalue weighted by atomic mass is 16.5. The van der Waals surface area contributed by atoms with Crippen LogP contribution in [0, 0.1) is 0 Å². The first-order valence-corrected chi connectivity index (χ1v) is 7.20. The predicted octanol–water partition coefficient (Wildman–Crippen LogP) is 3.03. The van der Waals surface area contributed by atoms with Gasteiger partial charge in [0.05, 0.1) is 6.61 Å². The molecule has 0 aromatic carbocycles. The van der Waals surface area contributed by atoms with Gasteiger partial charge >= 0.3 is 5.97 Å². The Morgan fingerprint density at radius 1 is 1.18 bits per heavy atom. The lowest BCUT2D eigenvalue weighted by Crippen LogP contribution is -2.44. The maximum absolute atomic E-state index is 11.7. The van der Waals surface area contributed by atoms with E-state index in [9.17, 15) is 4.79 Å². The second kappa shape index (κ2) is 8.51. The molecule has 1 rings (SSSR count). The third-order valence-corrected chi connectivity index (χ3v) is 3.52. The Morgan fingerprint density at radius 2 is 1.76 bits per heavy atom. The SMILES string of the molecule is CCOC(=O)C(CC)NC1CCCCCCC1. The first kappa shape index (κ1) is 14.5. The monoisotopic (exact) mass is 241 g/mol. The van der Waals surface area contributed by atoms with Crippen LogP contribution < -0.4 is 5.32 Å². The summed E-state index contributed by atoms with van der Waals surface area (Å²) in [6, 6.07) is 0.393. The van der Waals surface area contributed by atoms with Crippen molar-refractivity contribution in [1.29, 1.82) is 0 Å². The van der Waals surface area contributed by atoms with Crippen LogP contribution in [0.15, 0.2) is 0 Å². The maximum atomic E-state index is 11.7. The number of nitrogens with one attached hydrogen (secondary N) is 1. The number of ether oxygens (including phenoxy) is 1. The molecule has 0 amide bonds. The van der Waals surface area contributed by atoms with Crippen molar-refractivity contribution in [2.75, 3.05) is 6.61 Å². The zero-order valence-corrected chi connectivity index (χ0v) is 11.3. The first-order chi connectivity index (χ1) is 8.27. The first-order valence-electron chi connectivity index (χ1n) is 7.20. The highest BCUT2D eigenvalue weighted by Crippen LogP contribution is 2.18. The average molecular weight is 241 g/mol. The third-order valence-electron chi connectivity index (χ3n) is 3.52. The molecule has 0 saturated heterocycles. The van der Waals surface area contributed by atoms with E-state index in [0.717, 1.165) is 6.42 Å². The molecular formula is C14H27NO2. The molecule has 1 atom stereocenters. The van der Waals surface area contributed by atoms with Gasteiger partial charge in [-0.1, -0.05) is 39.0 Å². The fraction of sp³-hybridized carbons (Fsp3) is 0.929. The number of hydrogen-bond donors (Lipinski definition) is 1. The Labute approximate surface area is 105 Å². The molecule has 0 heterocycles. The largest absolute Gasteiger partial charge is 0.465 e. The van der Waals surface area contributed by atoms with Crippen LogP contribution in [0.5, 0.6) is 0 Å². The van der Waals surface area contributed by atoms with Crippen molar-refractivity contribution < 1.29 is 9.53 Å². The summed E-state index contributed by atoms with van der Waals surface area (Å²) in [5, 5.41) is 3.48. The van der Waals surface area contributed by atoms with Gasteiger partial charge in [0.2, 0.25) is 0 Å². The molecule has 1 N–H and O–H groups in total. The van der Waals surface area contributed by atoms with Crippen LogP contribution in [0.25, 0.3) is 0 Å². The lowest BCUT2D eigenvalue weighted by atomic mass is 9.96. The minimum atomic E-state index is -0.112. The molecule has 0 spiro atoms. The molecule has 1 aliphatic carbocycles. The third kappa shape index (κ3) is 5.53. The Kier molecular flexibility index (Phi) is 7.25. The van der Waals surface area contributed by atoms with Crippen LogP contribution >= 0.6 is 0 Å². The Morgan fingerprint density at radius 3 is 2.29 bits per heavy atom. The molecule has 1 saturated carbocycles. The molecule has 100 valence electrons. The van der Waals surface area contributed by atoms with Crippen molar-refractivity contribution in [2.45, 2.75) is 77.3 Å². The molecule has 0 aliphatic heterocycles. The Hall–Kier alpha value is -0.570. The van der Waals surface area contributed by atoms with Gasteiger partial charge in [-0.3, -0.25) is 4.79 Å². The summed E-state index contributed by atoms with van der Waals surface area (Å²) in [5.74, 6) is -0.0861. The van der Waals surface area contributed by atoms with E-state index in [1.165, 1.54) is 44.9 Å². The van der Waals surface area contributed by atoms with E-state index in [4.69, 9.17) is 4.74 Å². The van der Waals surface area contributed by atoms with Crippen molar-refractivity contribution in [3.05, 3.63) is 0 Å². The van der Waals surface area contributed by atoms with E-state index in [1.807, 2.05) is 13.8 Å². The molecule has 1 unspecified atom stereocenters. The molecule has 1 fully saturated rings. The van der Waals surface area contributed by atoms with Gasteiger partial charge in [0, 0.05) is 6.04 Å². The summed E-state index contributed by atoms with van der Waals surface area (Å²) < 4.78 is 5.09. The fourth-order valence-corrected chi connectivity index (χ4v) is 2.50. The van der Waals surface area contributed by atoms with Crippen LogP contribution in [0.4, 0.5) is 0 Å². The lowest BCUT2D eigenvalue weighted by Gasteiger charge is -2.25. The van der Waals surface area contributed by atoms with E-state index in [1.54, 1.807) is 0 Å². The van der Waals surface area contributed by atoms with Crippen LogP contribution in [-0.4, -0.2) is 24.7 Å². The summed E-state index contributed by atoms with van der Waals surface area (Å²) >= 11 is 0. The highest BCUT2D eigenvalue weighted by molar-refractivity contribution is 5.75.